The molecule has 0 heterocycles. The molecule has 0 aliphatic heterocycles. The quantitative estimate of drug-likeness (QED) is 0.350. The molecule has 6 heteroatoms. The van der Waals surface area contributed by atoms with Crippen LogP contribution in [0.25, 0.3) is 5.73 Å². The summed E-state index contributed by atoms with van der Waals surface area (Å²) in [6.07, 6.45) is 16.8. The van der Waals surface area contributed by atoms with Gasteiger partial charge in [-0.15, -0.1) is 6.92 Å². The van der Waals surface area contributed by atoms with Crippen molar-refractivity contribution >= 4 is 25.8 Å². The second-order valence-corrected chi connectivity index (χ2v) is 12.2. The monoisotopic (exact) mass is 764 g/mol. The molecule has 2 aliphatic rings. The summed E-state index contributed by atoms with van der Waals surface area (Å²) in [6.45, 7) is 8.67. The maximum absolute atomic E-state index is 11.1. The van der Waals surface area contributed by atoms with Crippen molar-refractivity contribution in [1.82, 2.24) is 0 Å². The summed E-state index contributed by atoms with van der Waals surface area (Å²) in [4.78, 5) is 11.1. The third-order valence-corrected chi connectivity index (χ3v) is 9.08. The molecular formula is C34H48Cl2HfNOSi. The van der Waals surface area contributed by atoms with E-state index in [-0.39, 0.29) is 72.0 Å². The Kier molecular flexibility index (Phi) is 25.4. The molecule has 1 N–H and O–H groups in total. The van der Waals surface area contributed by atoms with Crippen LogP contribution in [0.5, 0.6) is 0 Å². The van der Waals surface area contributed by atoms with Crippen LogP contribution in [-0.2, 0) is 30.6 Å². The Labute approximate surface area is 278 Å². The zero-order chi connectivity index (χ0) is 26.9. The number of carbonyl (C=O) groups is 1. The van der Waals surface area contributed by atoms with Gasteiger partial charge < -0.3 is 35.3 Å². The van der Waals surface area contributed by atoms with Crippen molar-refractivity contribution in [2.45, 2.75) is 98.3 Å². The molecule has 2 aromatic carbocycles. The summed E-state index contributed by atoms with van der Waals surface area (Å²) in [5.41, 5.74) is 11.5. The van der Waals surface area contributed by atoms with E-state index in [0.717, 1.165) is 25.7 Å². The number of nitrogens with one attached hydrogen (secondary N) is 1. The molecular weight excluding hydrogens is 716 g/mol. The Morgan fingerprint density at radius 3 is 1.38 bits per heavy atom. The van der Waals surface area contributed by atoms with Gasteiger partial charge in [-0.05, 0) is 12.8 Å². The van der Waals surface area contributed by atoms with Crippen molar-refractivity contribution in [3.05, 3.63) is 89.2 Å². The molecule has 0 bridgehead atoms. The summed E-state index contributed by atoms with van der Waals surface area (Å²) < 4.78 is 0. The summed E-state index contributed by atoms with van der Waals surface area (Å²) in [5.74, 6) is 0.279. The van der Waals surface area contributed by atoms with Crippen molar-refractivity contribution in [1.29, 1.82) is 0 Å². The van der Waals surface area contributed by atoms with Crippen molar-refractivity contribution in [3.8, 4) is 0 Å². The van der Waals surface area contributed by atoms with Crippen LogP contribution in [0.1, 0.15) is 98.3 Å². The van der Waals surface area contributed by atoms with E-state index in [1.807, 2.05) is 0 Å². The second-order valence-electron chi connectivity index (χ2n) is 10.6. The Bertz CT molecular complexity index is 932. The zero-order valence-electron chi connectivity index (χ0n) is 24.9. The van der Waals surface area contributed by atoms with E-state index < -0.39 is 0 Å². The maximum atomic E-state index is 11.1. The Hall–Kier alpha value is -0.943. The van der Waals surface area contributed by atoms with Crippen molar-refractivity contribution in [2.24, 2.45) is 11.8 Å². The van der Waals surface area contributed by atoms with Crippen LogP contribution in [0, 0.1) is 17.9 Å². The summed E-state index contributed by atoms with van der Waals surface area (Å²) in [6, 6.07) is 21.3. The average molecular weight is 764 g/mol. The number of halogens is 2. The molecule has 2 aliphatic carbocycles. The third-order valence-electron chi connectivity index (χ3n) is 7.64. The number of benzene rings is 2. The van der Waals surface area contributed by atoms with Crippen LogP contribution >= 0.6 is 0 Å². The van der Waals surface area contributed by atoms with Gasteiger partial charge in [0.2, 0.25) is 0 Å². The first kappa shape index (κ1) is 41.2. The van der Waals surface area contributed by atoms with Gasteiger partial charge in [0.1, 0.15) is 9.52 Å². The SMILES string of the molecule is CC1=[C-]C(C)C(C)=C1C.[Cl-].[Cl-].[Hf+4].[NH-]C(=O)C1CCCCCCCCCCC1.c1ccc([SiH]c2ccccc2)cc1. The van der Waals surface area contributed by atoms with E-state index in [4.69, 9.17) is 5.73 Å². The minimum Gasteiger partial charge on any atom is -1.00 e. The Morgan fingerprint density at radius 1 is 0.725 bits per heavy atom. The standard InChI is InChI=1S/C13H25NO.C12H11Si.C9H13.2ClH.Hf/c14-13(15)12-10-8-6-4-2-1-3-5-7-9-11-12;1-3-7-11(8-4-1)13-12-9-5-2-6-10-12;1-6-5-7(2)9(4)8(6)3;;;/h12H,1-11H2,(H2,14,15);1-10,13H;6H,1-4H3;2*1H;/q;;-1;;;+4/p-3. The number of rotatable bonds is 3. The molecule has 4 rings (SSSR count). The molecule has 1 radical (unpaired) electrons. The Morgan fingerprint density at radius 2 is 1.10 bits per heavy atom. The topological polar surface area (TPSA) is 40.9 Å². The first-order chi connectivity index (χ1) is 17.9. The van der Waals surface area contributed by atoms with Gasteiger partial charge >= 0.3 is 25.8 Å². The number of allylic oxidation sites excluding steroid dienone is 4. The summed E-state index contributed by atoms with van der Waals surface area (Å²) >= 11 is 0. The van der Waals surface area contributed by atoms with Crippen molar-refractivity contribution in [3.63, 3.8) is 0 Å². The molecule has 40 heavy (non-hydrogen) atoms. The van der Waals surface area contributed by atoms with Gasteiger partial charge in [-0.2, -0.15) is 11.1 Å². The van der Waals surface area contributed by atoms with Gasteiger partial charge in [0, 0.05) is 5.92 Å². The van der Waals surface area contributed by atoms with E-state index in [1.165, 1.54) is 72.0 Å². The minimum absolute atomic E-state index is 0. The molecule has 2 nitrogen and oxygen atoms in total. The van der Waals surface area contributed by atoms with Crippen molar-refractivity contribution in [2.75, 3.05) is 0 Å². The number of hydrogen-bond acceptors (Lipinski definition) is 1. The number of carbonyl (C=O) groups excluding carboxylic acids is 1. The molecule has 1 amide bonds. The zero-order valence-corrected chi connectivity index (χ0v) is 31.2. The first-order valence-corrected chi connectivity index (χ1v) is 15.5. The van der Waals surface area contributed by atoms with E-state index in [9.17, 15) is 4.79 Å². The number of amides is 1. The largest absolute Gasteiger partial charge is 4.00 e. The van der Waals surface area contributed by atoms with Crippen LogP contribution in [0.3, 0.4) is 0 Å². The predicted molar refractivity (Wildman–Crippen MR) is 163 cm³/mol. The second kappa shape index (κ2) is 24.6. The van der Waals surface area contributed by atoms with Gasteiger partial charge in [-0.1, -0.05) is 156 Å². The fourth-order valence-electron chi connectivity index (χ4n) is 4.88. The molecule has 0 spiro atoms. The van der Waals surface area contributed by atoms with Crippen LogP contribution in [0.2, 0.25) is 0 Å². The normalized spacial score (nSPS) is 17.8. The molecule has 1 saturated carbocycles. The molecule has 217 valence electrons. The van der Waals surface area contributed by atoms with Crippen LogP contribution in [-0.4, -0.2) is 15.4 Å². The molecule has 1 unspecified atom stereocenters. The smallest absolute Gasteiger partial charge is 1.00 e. The van der Waals surface area contributed by atoms with Gasteiger partial charge in [0.05, 0.1) is 5.91 Å². The van der Waals surface area contributed by atoms with E-state index in [0.29, 0.717) is 5.92 Å². The van der Waals surface area contributed by atoms with E-state index in [2.05, 4.69) is 94.4 Å². The Balaban J connectivity index is 0. The van der Waals surface area contributed by atoms with Crippen LogP contribution in [0.15, 0.2) is 77.4 Å². The fourth-order valence-corrected chi connectivity index (χ4v) is 6.09. The first-order valence-electron chi connectivity index (χ1n) is 14.4. The van der Waals surface area contributed by atoms with E-state index >= 15 is 0 Å². The fraction of sp³-hybridized carbons (Fsp3) is 0.500. The van der Waals surface area contributed by atoms with Gasteiger partial charge in [-0.3, -0.25) is 6.08 Å². The van der Waals surface area contributed by atoms with Gasteiger partial charge in [-0.25, -0.2) is 5.57 Å². The van der Waals surface area contributed by atoms with E-state index in [1.54, 1.807) is 0 Å². The predicted octanol–water partition coefficient (Wildman–Crippen LogP) is 2.29. The number of hydrogen-bond donors (Lipinski definition) is 0. The average Bonchev–Trinajstić information content (AvgIpc) is 3.11. The molecule has 1 fully saturated rings. The van der Waals surface area contributed by atoms with Crippen molar-refractivity contribution < 1.29 is 55.5 Å². The summed E-state index contributed by atoms with van der Waals surface area (Å²) in [7, 11) is 0.271. The molecule has 1 atom stereocenters. The maximum Gasteiger partial charge on any atom is 4.00 e. The van der Waals surface area contributed by atoms with Gasteiger partial charge in [0.25, 0.3) is 0 Å². The summed E-state index contributed by atoms with van der Waals surface area (Å²) in [5, 5.41) is 2.90. The minimum atomic E-state index is -0.327. The third kappa shape index (κ3) is 17.1. The molecule has 0 saturated heterocycles. The van der Waals surface area contributed by atoms with Gasteiger partial charge in [0.15, 0.2) is 0 Å². The molecule has 0 aromatic heterocycles. The van der Waals surface area contributed by atoms with Crippen LogP contribution < -0.4 is 35.2 Å². The van der Waals surface area contributed by atoms with Crippen LogP contribution in [0.4, 0.5) is 0 Å². The molecule has 2 aromatic rings.